The van der Waals surface area contributed by atoms with Crippen LogP contribution in [-0.2, 0) is 22.6 Å². The average molecular weight is 401 g/mol. The van der Waals surface area contributed by atoms with Crippen LogP contribution < -0.4 is 5.32 Å². The van der Waals surface area contributed by atoms with Crippen molar-refractivity contribution >= 4 is 23.2 Å². The van der Waals surface area contributed by atoms with E-state index >= 15 is 0 Å². The van der Waals surface area contributed by atoms with Crippen molar-refractivity contribution in [3.63, 3.8) is 0 Å². The van der Waals surface area contributed by atoms with Crippen LogP contribution in [0.1, 0.15) is 68.0 Å². The van der Waals surface area contributed by atoms with Gasteiger partial charge < -0.3 is 10.2 Å². The largest absolute Gasteiger partial charge is 0.349 e. The third-order valence-corrected chi connectivity index (χ3v) is 9.04. The normalized spacial score (nSPS) is 36.1. The van der Waals surface area contributed by atoms with Gasteiger partial charge in [0, 0.05) is 16.3 Å². The molecule has 5 fully saturated rings. The third-order valence-electron chi connectivity index (χ3n) is 7.81. The summed E-state index contributed by atoms with van der Waals surface area (Å²) in [5.41, 5.74) is -0.138. The first-order valence-electron chi connectivity index (χ1n) is 11.2. The van der Waals surface area contributed by atoms with Crippen LogP contribution in [0.3, 0.4) is 0 Å². The lowest BCUT2D eigenvalue weighted by molar-refractivity contribution is -0.160. The lowest BCUT2D eigenvalue weighted by atomic mass is 9.49. The second kappa shape index (κ2) is 7.16. The van der Waals surface area contributed by atoms with E-state index in [2.05, 4.69) is 24.4 Å². The first-order chi connectivity index (χ1) is 13.6. The number of amides is 2. The van der Waals surface area contributed by atoms with E-state index in [9.17, 15) is 9.59 Å². The van der Waals surface area contributed by atoms with Crippen LogP contribution in [-0.4, -0.2) is 29.3 Å². The molecule has 4 aliphatic carbocycles. The molecular formula is C23H32N2O2S. The number of rotatable bonds is 5. The summed E-state index contributed by atoms with van der Waals surface area (Å²) in [5.74, 6) is 2.64. The Morgan fingerprint density at radius 3 is 2.36 bits per heavy atom. The fourth-order valence-electron chi connectivity index (χ4n) is 6.96. The number of carbonyl (C=O) groups excluding carboxylic acids is 2. The molecule has 0 spiro atoms. The van der Waals surface area contributed by atoms with Gasteiger partial charge in [0.05, 0.1) is 12.0 Å². The van der Waals surface area contributed by atoms with E-state index in [1.807, 2.05) is 4.90 Å². The lowest BCUT2D eigenvalue weighted by Gasteiger charge is -2.56. The van der Waals surface area contributed by atoms with E-state index in [1.165, 1.54) is 29.0 Å². The van der Waals surface area contributed by atoms with Gasteiger partial charge in [-0.3, -0.25) is 9.59 Å². The first kappa shape index (κ1) is 18.7. The second-order valence-electron chi connectivity index (χ2n) is 9.79. The van der Waals surface area contributed by atoms with Crippen LogP contribution in [0.2, 0.25) is 0 Å². The number of aryl methyl sites for hydroxylation is 1. The minimum Gasteiger partial charge on any atom is -0.349 e. The molecule has 1 N–H and O–H groups in total. The smallest absolute Gasteiger partial charge is 0.243 e. The van der Waals surface area contributed by atoms with Crippen LogP contribution in [0.4, 0.5) is 0 Å². The molecule has 4 nitrogen and oxygen atoms in total. The van der Waals surface area contributed by atoms with Gasteiger partial charge in [-0.1, -0.05) is 6.92 Å². The van der Waals surface area contributed by atoms with Crippen LogP contribution in [0, 0.1) is 23.2 Å². The molecule has 4 saturated carbocycles. The number of carbonyl (C=O) groups is 2. The zero-order chi connectivity index (χ0) is 19.3. The highest BCUT2D eigenvalue weighted by molar-refractivity contribution is 7.11. The molecule has 5 heteroatoms. The third kappa shape index (κ3) is 3.20. The van der Waals surface area contributed by atoms with Gasteiger partial charge in [-0.05, 0) is 87.7 Å². The quantitative estimate of drug-likeness (QED) is 0.808. The summed E-state index contributed by atoms with van der Waals surface area (Å²) in [6, 6.07) is 3.99. The van der Waals surface area contributed by atoms with Crippen molar-refractivity contribution in [1.82, 2.24) is 10.2 Å². The van der Waals surface area contributed by atoms with Crippen LogP contribution in [0.25, 0.3) is 0 Å². The summed E-state index contributed by atoms with van der Waals surface area (Å²) in [7, 11) is 0. The Labute approximate surface area is 172 Å². The first-order valence-corrected chi connectivity index (χ1v) is 12.0. The topological polar surface area (TPSA) is 49.4 Å². The number of hydrogen-bond donors (Lipinski definition) is 1. The van der Waals surface area contributed by atoms with Crippen molar-refractivity contribution in [2.45, 2.75) is 77.3 Å². The summed E-state index contributed by atoms with van der Waals surface area (Å²) in [6.07, 6.45) is 10.1. The minimum atomic E-state index is -0.258. The van der Waals surface area contributed by atoms with Gasteiger partial charge in [0.2, 0.25) is 11.8 Å². The zero-order valence-corrected chi connectivity index (χ0v) is 17.7. The number of nitrogens with one attached hydrogen (secondary N) is 1. The summed E-state index contributed by atoms with van der Waals surface area (Å²) in [5, 5.41) is 3.11. The molecule has 6 rings (SSSR count). The highest BCUT2D eigenvalue weighted by atomic mass is 32.1. The van der Waals surface area contributed by atoms with Crippen molar-refractivity contribution in [1.29, 1.82) is 0 Å². The molecule has 0 radical (unpaired) electrons. The van der Waals surface area contributed by atoms with Crippen LogP contribution in [0.15, 0.2) is 12.1 Å². The van der Waals surface area contributed by atoms with Crippen molar-refractivity contribution in [2.24, 2.45) is 23.2 Å². The molecule has 1 aliphatic heterocycles. The molecule has 1 saturated heterocycles. The van der Waals surface area contributed by atoms with Crippen molar-refractivity contribution in [2.75, 3.05) is 6.54 Å². The number of thiophene rings is 1. The zero-order valence-electron chi connectivity index (χ0n) is 16.9. The SMILES string of the molecule is CCc1ccc(CNC(=O)C2CCCN2C(=O)C23CC4CC(CC(C4)C2)C3)s1. The predicted octanol–water partition coefficient (Wildman–Crippen LogP) is 4.13. The van der Waals surface area contributed by atoms with Gasteiger partial charge in [-0.2, -0.15) is 0 Å². The molecular weight excluding hydrogens is 368 g/mol. The maximum absolute atomic E-state index is 13.7. The Kier molecular flexibility index (Phi) is 4.77. The van der Waals surface area contributed by atoms with Gasteiger partial charge >= 0.3 is 0 Å². The van der Waals surface area contributed by atoms with E-state index < -0.39 is 0 Å². The summed E-state index contributed by atoms with van der Waals surface area (Å²) in [6.45, 7) is 3.50. The van der Waals surface area contributed by atoms with E-state index in [1.54, 1.807) is 11.3 Å². The number of nitrogens with zero attached hydrogens (tertiary/aromatic N) is 1. The predicted molar refractivity (Wildman–Crippen MR) is 111 cm³/mol. The van der Waals surface area contributed by atoms with Crippen LogP contribution >= 0.6 is 11.3 Å². The Hall–Kier alpha value is -1.36. The summed E-state index contributed by atoms with van der Waals surface area (Å²) >= 11 is 1.77. The maximum Gasteiger partial charge on any atom is 0.243 e. The minimum absolute atomic E-state index is 0.0435. The molecule has 2 heterocycles. The van der Waals surface area contributed by atoms with Gasteiger partial charge in [0.1, 0.15) is 6.04 Å². The van der Waals surface area contributed by atoms with E-state index in [0.717, 1.165) is 62.8 Å². The Balaban J connectivity index is 1.26. The average Bonchev–Trinajstić information content (AvgIpc) is 3.33. The van der Waals surface area contributed by atoms with E-state index in [0.29, 0.717) is 12.5 Å². The van der Waals surface area contributed by atoms with Crippen molar-refractivity contribution in [3.8, 4) is 0 Å². The molecule has 1 unspecified atom stereocenters. The number of hydrogen-bond acceptors (Lipinski definition) is 3. The standard InChI is InChI=1S/C23H32N2O2S/c1-2-18-5-6-19(28-18)14-24-21(26)20-4-3-7-25(20)22(27)23-11-15-8-16(12-23)10-17(9-15)13-23/h5-6,15-17,20H,2-4,7-14H2,1H3,(H,24,26). The Bertz CT molecular complexity index is 735. The fourth-order valence-corrected chi connectivity index (χ4v) is 7.86. The van der Waals surface area contributed by atoms with Crippen LogP contribution in [0.5, 0.6) is 0 Å². The molecule has 1 aromatic rings. The molecule has 152 valence electrons. The molecule has 4 bridgehead atoms. The van der Waals surface area contributed by atoms with Gasteiger partial charge in [-0.15, -0.1) is 11.3 Å². The second-order valence-corrected chi connectivity index (χ2v) is 11.0. The Morgan fingerprint density at radius 2 is 1.75 bits per heavy atom. The summed E-state index contributed by atoms with van der Waals surface area (Å²) in [4.78, 5) is 31.1. The highest BCUT2D eigenvalue weighted by Crippen LogP contribution is 2.60. The van der Waals surface area contributed by atoms with Gasteiger partial charge in [-0.25, -0.2) is 0 Å². The fraction of sp³-hybridized carbons (Fsp3) is 0.739. The van der Waals surface area contributed by atoms with E-state index in [-0.39, 0.29) is 17.4 Å². The Morgan fingerprint density at radius 1 is 1.11 bits per heavy atom. The number of likely N-dealkylation sites (tertiary alicyclic amines) is 1. The summed E-state index contributed by atoms with van der Waals surface area (Å²) < 4.78 is 0. The van der Waals surface area contributed by atoms with Crippen molar-refractivity contribution in [3.05, 3.63) is 21.9 Å². The van der Waals surface area contributed by atoms with Gasteiger partial charge in [0.25, 0.3) is 0 Å². The molecule has 0 aromatic carbocycles. The molecule has 28 heavy (non-hydrogen) atoms. The van der Waals surface area contributed by atoms with Crippen molar-refractivity contribution < 1.29 is 9.59 Å². The van der Waals surface area contributed by atoms with E-state index in [4.69, 9.17) is 0 Å². The monoisotopic (exact) mass is 400 g/mol. The molecule has 1 atom stereocenters. The maximum atomic E-state index is 13.7. The molecule has 5 aliphatic rings. The van der Waals surface area contributed by atoms with Gasteiger partial charge in [0.15, 0.2) is 0 Å². The highest BCUT2D eigenvalue weighted by Gasteiger charge is 2.56. The lowest BCUT2D eigenvalue weighted by Crippen LogP contribution is -2.57. The molecule has 1 aromatic heterocycles. The molecule has 2 amide bonds.